The molecule has 0 rings (SSSR count). The van der Waals surface area contributed by atoms with E-state index in [2.05, 4.69) is 26.3 Å². The van der Waals surface area contributed by atoms with Crippen LogP contribution in [0.3, 0.4) is 0 Å². The van der Waals surface area contributed by atoms with Crippen molar-refractivity contribution in [3.63, 3.8) is 0 Å². The summed E-state index contributed by atoms with van der Waals surface area (Å²) in [6.07, 6.45) is 0. The molecule has 0 radical (unpaired) electrons. The van der Waals surface area contributed by atoms with Gasteiger partial charge in [0, 0.05) is 0 Å². The van der Waals surface area contributed by atoms with Crippen LogP contribution in [0.5, 0.6) is 0 Å². The Balaban J connectivity index is 3.15. The van der Waals surface area contributed by atoms with Gasteiger partial charge in [-0.2, -0.15) is 0 Å². The van der Waals surface area contributed by atoms with Crippen LogP contribution in [0, 0.1) is 0 Å². The van der Waals surface area contributed by atoms with E-state index >= 15 is 0 Å². The van der Waals surface area contributed by atoms with Gasteiger partial charge in [0.25, 0.3) is 0 Å². The molecule has 0 N–H and O–H groups in total. The van der Waals surface area contributed by atoms with Gasteiger partial charge in [-0.3, -0.25) is 0 Å². The van der Waals surface area contributed by atoms with Gasteiger partial charge in [0.05, 0.1) is 0 Å². The van der Waals surface area contributed by atoms with E-state index in [0.717, 1.165) is 0 Å². The summed E-state index contributed by atoms with van der Waals surface area (Å²) >= 11 is 0. The maximum Gasteiger partial charge on any atom is 0.188 e. The highest BCUT2D eigenvalue weighted by atomic mass is 31.1. The summed E-state index contributed by atoms with van der Waals surface area (Å²) < 4.78 is 5.40. The van der Waals surface area contributed by atoms with E-state index in [-0.39, 0.29) is 0 Å². The summed E-state index contributed by atoms with van der Waals surface area (Å²) in [5.74, 6) is 0. The first-order chi connectivity index (χ1) is 3.06. The Bertz CT molecular complexity index is 50.1. The summed E-state index contributed by atoms with van der Waals surface area (Å²) in [5.41, 5.74) is 0. The van der Waals surface area contributed by atoms with Crippen LogP contribution in [-0.4, -0.2) is 15.0 Å². The lowest BCUT2D eigenvalue weighted by molar-refractivity contribution is 0.640. The van der Waals surface area contributed by atoms with Gasteiger partial charge in [0.1, 0.15) is 0 Å². The molecule has 1 unspecified atom stereocenters. The molecule has 0 fully saturated rings. The summed E-state index contributed by atoms with van der Waals surface area (Å²) in [5, 5.41) is 0. The Morgan fingerprint density at radius 2 is 1.71 bits per heavy atom. The van der Waals surface area contributed by atoms with Gasteiger partial charge >= 0.3 is 0 Å². The zero-order valence-electron chi connectivity index (χ0n) is 5.41. The number of hydrogen-bond donors (Lipinski definition) is 0. The minimum absolute atomic E-state index is 0.671. The van der Waals surface area contributed by atoms with Crippen molar-refractivity contribution in [2.45, 2.75) is 19.6 Å². The second-order valence-electron chi connectivity index (χ2n) is 2.42. The molecule has 7 heavy (non-hydrogen) atoms. The fraction of sp³-hybridized carbons (Fsp3) is 1.00. The van der Waals surface area contributed by atoms with E-state index in [1.165, 1.54) is 0 Å². The van der Waals surface area contributed by atoms with Gasteiger partial charge < -0.3 is 4.21 Å². The van der Waals surface area contributed by atoms with Gasteiger partial charge in [-0.05, 0) is 35.1 Å². The third kappa shape index (κ3) is 6.61. The zero-order chi connectivity index (χ0) is 5.91. The SMILES string of the molecule is CPO[Si](C)(C)C. The Hall–Kier alpha value is 0.607. The minimum atomic E-state index is -1.14. The van der Waals surface area contributed by atoms with E-state index in [0.29, 0.717) is 8.81 Å². The topological polar surface area (TPSA) is 9.23 Å². The molecule has 44 valence electrons. The molecule has 0 aromatic heterocycles. The second kappa shape index (κ2) is 2.80. The van der Waals surface area contributed by atoms with E-state index in [9.17, 15) is 0 Å². The zero-order valence-corrected chi connectivity index (χ0v) is 7.41. The van der Waals surface area contributed by atoms with Crippen LogP contribution in [0.25, 0.3) is 0 Å². The molecular weight excluding hydrogens is 123 g/mol. The first-order valence-corrected chi connectivity index (χ1v) is 7.22. The smallest absolute Gasteiger partial charge is 0.188 e. The van der Waals surface area contributed by atoms with Crippen LogP contribution in [0.1, 0.15) is 0 Å². The second-order valence-corrected chi connectivity index (χ2v) is 7.87. The molecule has 0 aliphatic rings. The van der Waals surface area contributed by atoms with Crippen LogP contribution in [0.15, 0.2) is 0 Å². The number of hydrogen-bond acceptors (Lipinski definition) is 1. The van der Waals surface area contributed by atoms with Crippen LogP contribution < -0.4 is 0 Å². The fourth-order valence-corrected chi connectivity index (χ4v) is 2.76. The van der Waals surface area contributed by atoms with Gasteiger partial charge in [-0.25, -0.2) is 0 Å². The maximum absolute atomic E-state index is 5.40. The average molecular weight is 136 g/mol. The first kappa shape index (κ1) is 7.61. The molecule has 0 aliphatic heterocycles. The van der Waals surface area contributed by atoms with Crippen molar-refractivity contribution < 1.29 is 4.21 Å². The van der Waals surface area contributed by atoms with Crippen molar-refractivity contribution in [3.8, 4) is 0 Å². The van der Waals surface area contributed by atoms with Crippen molar-refractivity contribution in [3.05, 3.63) is 0 Å². The van der Waals surface area contributed by atoms with Crippen molar-refractivity contribution in [1.82, 2.24) is 0 Å². The lowest BCUT2D eigenvalue weighted by atomic mass is 11.8. The van der Waals surface area contributed by atoms with Crippen molar-refractivity contribution in [2.75, 3.05) is 6.66 Å². The summed E-state index contributed by atoms with van der Waals surface area (Å²) in [7, 11) is -0.474. The molecule has 0 amide bonds. The number of rotatable bonds is 2. The van der Waals surface area contributed by atoms with Crippen molar-refractivity contribution in [2.24, 2.45) is 0 Å². The van der Waals surface area contributed by atoms with Crippen LogP contribution in [0.2, 0.25) is 19.6 Å². The normalized spacial score (nSPS) is 13.7. The Kier molecular flexibility index (Phi) is 3.05. The molecule has 1 nitrogen and oxygen atoms in total. The van der Waals surface area contributed by atoms with E-state index < -0.39 is 8.32 Å². The largest absolute Gasteiger partial charge is 0.399 e. The van der Waals surface area contributed by atoms with Gasteiger partial charge in [-0.15, -0.1) is 0 Å². The minimum Gasteiger partial charge on any atom is -0.399 e. The summed E-state index contributed by atoms with van der Waals surface area (Å²) in [4.78, 5) is 0. The Labute approximate surface area is 48.5 Å². The maximum atomic E-state index is 5.40. The van der Waals surface area contributed by atoms with Crippen LogP contribution in [0.4, 0.5) is 0 Å². The monoisotopic (exact) mass is 136 g/mol. The molecular formula is C4H13OPSi. The highest BCUT2D eigenvalue weighted by Crippen LogP contribution is 2.14. The van der Waals surface area contributed by atoms with Crippen molar-refractivity contribution >= 4 is 17.1 Å². The van der Waals surface area contributed by atoms with Gasteiger partial charge in [0.2, 0.25) is 0 Å². The van der Waals surface area contributed by atoms with E-state index in [1.54, 1.807) is 0 Å². The van der Waals surface area contributed by atoms with Crippen LogP contribution >= 0.6 is 8.81 Å². The molecule has 0 heterocycles. The standard InChI is InChI=1S/C4H13OPSi/c1-6-5-7(2,3)4/h6H,1-4H3. The molecule has 1 atom stereocenters. The Morgan fingerprint density at radius 1 is 1.29 bits per heavy atom. The average Bonchev–Trinajstić information content (AvgIpc) is 1.30. The predicted octanol–water partition coefficient (Wildman–Crippen LogP) is 2.06. The highest BCUT2D eigenvalue weighted by molar-refractivity contribution is 7.33. The molecule has 0 saturated carbocycles. The molecule has 0 aliphatic carbocycles. The predicted molar refractivity (Wildman–Crippen MR) is 38.7 cm³/mol. The quantitative estimate of drug-likeness (QED) is 0.417. The third-order valence-corrected chi connectivity index (χ3v) is 3.67. The van der Waals surface area contributed by atoms with E-state index in [4.69, 9.17) is 4.21 Å². The molecule has 0 spiro atoms. The van der Waals surface area contributed by atoms with Gasteiger partial charge in [-0.1, -0.05) is 0 Å². The fourth-order valence-electron chi connectivity index (χ4n) is 0.306. The van der Waals surface area contributed by atoms with Crippen molar-refractivity contribution in [1.29, 1.82) is 0 Å². The molecule has 3 heteroatoms. The molecule has 0 aromatic rings. The summed E-state index contributed by atoms with van der Waals surface area (Å²) in [6, 6.07) is 0. The van der Waals surface area contributed by atoms with Gasteiger partial charge in [0.15, 0.2) is 8.32 Å². The van der Waals surface area contributed by atoms with E-state index in [1.807, 2.05) is 0 Å². The molecule has 0 saturated heterocycles. The summed E-state index contributed by atoms with van der Waals surface area (Å²) in [6.45, 7) is 8.66. The lowest BCUT2D eigenvalue weighted by Gasteiger charge is -2.13. The van der Waals surface area contributed by atoms with Crippen LogP contribution in [-0.2, 0) is 4.21 Å². The first-order valence-electron chi connectivity index (χ1n) is 2.41. The Morgan fingerprint density at radius 3 is 1.71 bits per heavy atom. The molecule has 0 bridgehead atoms. The highest BCUT2D eigenvalue weighted by Gasteiger charge is 2.11. The molecule has 0 aromatic carbocycles. The lowest BCUT2D eigenvalue weighted by Crippen LogP contribution is -2.20. The third-order valence-electron chi connectivity index (χ3n) is 0.408.